The molecular formula is C9H15N3OS. The lowest BCUT2D eigenvalue weighted by molar-refractivity contribution is -0.120. The number of anilines is 1. The van der Waals surface area contributed by atoms with E-state index in [0.717, 1.165) is 17.1 Å². The van der Waals surface area contributed by atoms with Crippen molar-refractivity contribution in [2.45, 2.75) is 13.0 Å². The molecule has 14 heavy (non-hydrogen) atoms. The van der Waals surface area contributed by atoms with Crippen molar-refractivity contribution in [3.05, 3.63) is 16.3 Å². The molecule has 0 spiro atoms. The number of carbonyl (C=O) groups excluding carboxylic acids is 1. The molecule has 0 fully saturated rings. The van der Waals surface area contributed by atoms with E-state index in [0.29, 0.717) is 13.0 Å². The van der Waals surface area contributed by atoms with Gasteiger partial charge in [0.05, 0.1) is 0 Å². The summed E-state index contributed by atoms with van der Waals surface area (Å²) in [7, 11) is 1.64. The zero-order valence-corrected chi connectivity index (χ0v) is 8.99. The predicted octanol–water partition coefficient (Wildman–Crippen LogP) is 0.556. The highest BCUT2D eigenvalue weighted by molar-refractivity contribution is 7.10. The number of amides is 1. The van der Waals surface area contributed by atoms with Crippen LogP contribution in [0, 0.1) is 0 Å². The van der Waals surface area contributed by atoms with E-state index in [9.17, 15) is 4.79 Å². The normalized spacial score (nSPS) is 10.1. The van der Waals surface area contributed by atoms with Crippen LogP contribution in [-0.4, -0.2) is 19.5 Å². The first-order chi connectivity index (χ1) is 6.74. The highest BCUT2D eigenvalue weighted by Crippen LogP contribution is 2.17. The van der Waals surface area contributed by atoms with E-state index in [1.54, 1.807) is 18.4 Å². The van der Waals surface area contributed by atoms with Crippen LogP contribution in [0.15, 0.2) is 11.4 Å². The van der Waals surface area contributed by atoms with Gasteiger partial charge >= 0.3 is 0 Å². The van der Waals surface area contributed by atoms with Crippen LogP contribution >= 0.6 is 11.3 Å². The van der Waals surface area contributed by atoms with Crippen molar-refractivity contribution in [1.29, 1.82) is 0 Å². The molecule has 78 valence electrons. The molecule has 0 aliphatic carbocycles. The van der Waals surface area contributed by atoms with Crippen molar-refractivity contribution >= 4 is 22.9 Å². The topological polar surface area (TPSA) is 67.2 Å². The fourth-order valence-corrected chi connectivity index (χ4v) is 1.79. The zero-order chi connectivity index (χ0) is 10.4. The van der Waals surface area contributed by atoms with E-state index < -0.39 is 0 Å². The summed E-state index contributed by atoms with van der Waals surface area (Å²) in [4.78, 5) is 12.0. The number of nitrogens with one attached hydrogen (secondary N) is 2. The van der Waals surface area contributed by atoms with E-state index in [1.165, 1.54) is 0 Å². The molecule has 4 nitrogen and oxygen atoms in total. The maximum Gasteiger partial charge on any atom is 0.221 e. The molecule has 0 saturated heterocycles. The predicted molar refractivity (Wildman–Crippen MR) is 59.1 cm³/mol. The SMILES string of the molecule is CNC(=O)CCNCc1sccc1N. The molecule has 0 aliphatic heterocycles. The maximum atomic E-state index is 10.9. The Morgan fingerprint density at radius 3 is 3.00 bits per heavy atom. The first kappa shape index (κ1) is 11.0. The number of rotatable bonds is 5. The molecule has 0 saturated carbocycles. The number of carbonyl (C=O) groups is 1. The standard InChI is InChI=1S/C9H15N3OS/c1-11-9(13)2-4-12-6-8-7(10)3-5-14-8/h3,5,12H,2,4,6,10H2,1H3,(H,11,13). The Morgan fingerprint density at radius 2 is 2.43 bits per heavy atom. The summed E-state index contributed by atoms with van der Waals surface area (Å²) < 4.78 is 0. The quantitative estimate of drug-likeness (QED) is 0.626. The van der Waals surface area contributed by atoms with Gasteiger partial charge in [-0.2, -0.15) is 0 Å². The summed E-state index contributed by atoms with van der Waals surface area (Å²) in [6, 6.07) is 1.89. The number of nitrogens with two attached hydrogens (primary N) is 1. The average molecular weight is 213 g/mol. The number of thiophene rings is 1. The summed E-state index contributed by atoms with van der Waals surface area (Å²) >= 11 is 1.63. The summed E-state index contributed by atoms with van der Waals surface area (Å²) in [5.41, 5.74) is 6.52. The Hall–Kier alpha value is -1.07. The first-order valence-corrected chi connectivity index (χ1v) is 5.35. The van der Waals surface area contributed by atoms with Gasteiger partial charge in [-0.15, -0.1) is 11.3 Å². The fourth-order valence-electron chi connectivity index (χ4n) is 1.02. The second kappa shape index (κ2) is 5.62. The average Bonchev–Trinajstić information content (AvgIpc) is 2.58. The van der Waals surface area contributed by atoms with Crippen molar-refractivity contribution in [1.82, 2.24) is 10.6 Å². The van der Waals surface area contributed by atoms with Crippen molar-refractivity contribution in [2.24, 2.45) is 0 Å². The molecular weight excluding hydrogens is 198 g/mol. The minimum Gasteiger partial charge on any atom is -0.398 e. The molecule has 1 aromatic rings. The molecule has 0 aromatic carbocycles. The molecule has 0 aliphatic rings. The third kappa shape index (κ3) is 3.35. The third-order valence-electron chi connectivity index (χ3n) is 1.87. The lowest BCUT2D eigenvalue weighted by atomic mass is 10.3. The largest absolute Gasteiger partial charge is 0.398 e. The minimum atomic E-state index is 0.0525. The van der Waals surface area contributed by atoms with Gasteiger partial charge in [0.2, 0.25) is 5.91 Å². The Labute approximate surface area is 87.5 Å². The molecule has 0 radical (unpaired) electrons. The van der Waals surface area contributed by atoms with Crippen molar-refractivity contribution in [2.75, 3.05) is 19.3 Å². The van der Waals surface area contributed by atoms with Gasteiger partial charge in [-0.25, -0.2) is 0 Å². The molecule has 1 heterocycles. The minimum absolute atomic E-state index is 0.0525. The lowest BCUT2D eigenvalue weighted by Gasteiger charge is -2.03. The lowest BCUT2D eigenvalue weighted by Crippen LogP contribution is -2.24. The summed E-state index contributed by atoms with van der Waals surface area (Å²) in [5.74, 6) is 0.0525. The van der Waals surface area contributed by atoms with Gasteiger partial charge in [0, 0.05) is 37.1 Å². The highest BCUT2D eigenvalue weighted by atomic mass is 32.1. The van der Waals surface area contributed by atoms with E-state index in [1.807, 2.05) is 11.4 Å². The Balaban J connectivity index is 2.16. The van der Waals surface area contributed by atoms with Gasteiger partial charge in [0.1, 0.15) is 0 Å². The molecule has 1 aromatic heterocycles. The molecule has 5 heteroatoms. The van der Waals surface area contributed by atoms with Crippen molar-refractivity contribution in [3.63, 3.8) is 0 Å². The summed E-state index contributed by atoms with van der Waals surface area (Å²) in [5, 5.41) is 7.70. The molecule has 1 amide bonds. The number of hydrogen-bond donors (Lipinski definition) is 3. The van der Waals surface area contributed by atoms with Crippen LogP contribution < -0.4 is 16.4 Å². The van der Waals surface area contributed by atoms with Gasteiger partial charge in [0.25, 0.3) is 0 Å². The molecule has 1 rings (SSSR count). The molecule has 0 unspecified atom stereocenters. The molecule has 4 N–H and O–H groups in total. The van der Waals surface area contributed by atoms with Crippen LogP contribution in [0.3, 0.4) is 0 Å². The van der Waals surface area contributed by atoms with Crippen molar-refractivity contribution < 1.29 is 4.79 Å². The summed E-state index contributed by atoms with van der Waals surface area (Å²) in [6.07, 6.45) is 0.502. The van der Waals surface area contributed by atoms with E-state index >= 15 is 0 Å². The second-order valence-electron chi connectivity index (χ2n) is 2.90. The maximum absolute atomic E-state index is 10.9. The van der Waals surface area contributed by atoms with Gasteiger partial charge in [0.15, 0.2) is 0 Å². The number of nitrogen functional groups attached to an aromatic ring is 1. The smallest absolute Gasteiger partial charge is 0.221 e. The van der Waals surface area contributed by atoms with Crippen LogP contribution in [0.2, 0.25) is 0 Å². The van der Waals surface area contributed by atoms with E-state index in [2.05, 4.69) is 10.6 Å². The van der Waals surface area contributed by atoms with Gasteiger partial charge in [-0.1, -0.05) is 0 Å². The van der Waals surface area contributed by atoms with Crippen molar-refractivity contribution in [3.8, 4) is 0 Å². The van der Waals surface area contributed by atoms with Crippen LogP contribution in [0.4, 0.5) is 5.69 Å². The zero-order valence-electron chi connectivity index (χ0n) is 8.17. The highest BCUT2D eigenvalue weighted by Gasteiger charge is 2.00. The van der Waals surface area contributed by atoms with Crippen LogP contribution in [0.5, 0.6) is 0 Å². The molecule has 0 bridgehead atoms. The third-order valence-corrected chi connectivity index (χ3v) is 2.81. The monoisotopic (exact) mass is 213 g/mol. The first-order valence-electron chi connectivity index (χ1n) is 4.47. The Kier molecular flexibility index (Phi) is 4.42. The van der Waals surface area contributed by atoms with Gasteiger partial charge < -0.3 is 16.4 Å². The second-order valence-corrected chi connectivity index (χ2v) is 3.90. The van der Waals surface area contributed by atoms with Crippen LogP contribution in [0.25, 0.3) is 0 Å². The molecule has 0 atom stereocenters. The van der Waals surface area contributed by atoms with E-state index in [-0.39, 0.29) is 5.91 Å². The fraction of sp³-hybridized carbons (Fsp3) is 0.444. The summed E-state index contributed by atoms with van der Waals surface area (Å²) in [6.45, 7) is 1.41. The van der Waals surface area contributed by atoms with Crippen LogP contribution in [-0.2, 0) is 11.3 Å². The Bertz CT molecular complexity index is 298. The van der Waals surface area contributed by atoms with Crippen LogP contribution in [0.1, 0.15) is 11.3 Å². The number of hydrogen-bond acceptors (Lipinski definition) is 4. The van der Waals surface area contributed by atoms with Gasteiger partial charge in [-0.3, -0.25) is 4.79 Å². The van der Waals surface area contributed by atoms with E-state index in [4.69, 9.17) is 5.73 Å². The Morgan fingerprint density at radius 1 is 1.64 bits per heavy atom. The van der Waals surface area contributed by atoms with Gasteiger partial charge in [-0.05, 0) is 11.4 Å².